The Bertz CT molecular complexity index is 1190. The predicted octanol–water partition coefficient (Wildman–Crippen LogP) is 3.44. The summed E-state index contributed by atoms with van der Waals surface area (Å²) in [6.45, 7) is 2.91. The molecule has 0 aromatic heterocycles. The standard InChI is InChI=1S/C22H25NO4S2/c1-16-6-5-7-20-18(16)10-11-19(20)17-12-14-23(15-13-17)29(26,27)22-9-4-3-8-21(22)28(2,24)25/h3-9,11,17H,10,12-15H2,1-2H3. The summed E-state index contributed by atoms with van der Waals surface area (Å²) in [7, 11) is -7.49. The third kappa shape index (κ3) is 3.67. The third-order valence-electron chi connectivity index (χ3n) is 6.01. The van der Waals surface area contributed by atoms with Gasteiger partial charge in [0.1, 0.15) is 4.90 Å². The van der Waals surface area contributed by atoms with Gasteiger partial charge in [0.15, 0.2) is 9.84 Å². The maximum Gasteiger partial charge on any atom is 0.244 e. The lowest BCUT2D eigenvalue weighted by Gasteiger charge is -2.32. The minimum Gasteiger partial charge on any atom is -0.224 e. The Labute approximate surface area is 173 Å². The molecular weight excluding hydrogens is 406 g/mol. The molecule has 154 valence electrons. The summed E-state index contributed by atoms with van der Waals surface area (Å²) in [6.07, 6.45) is 5.74. The molecule has 1 saturated heterocycles. The largest absolute Gasteiger partial charge is 0.244 e. The van der Waals surface area contributed by atoms with E-state index in [1.807, 2.05) is 0 Å². The maximum atomic E-state index is 13.2. The van der Waals surface area contributed by atoms with E-state index in [0.717, 1.165) is 25.5 Å². The van der Waals surface area contributed by atoms with Crippen molar-refractivity contribution in [3.8, 4) is 0 Å². The van der Waals surface area contributed by atoms with Crippen LogP contribution in [0, 0.1) is 12.8 Å². The molecule has 0 unspecified atom stereocenters. The van der Waals surface area contributed by atoms with Crippen LogP contribution in [0.5, 0.6) is 0 Å². The quantitative estimate of drug-likeness (QED) is 0.743. The van der Waals surface area contributed by atoms with E-state index >= 15 is 0 Å². The van der Waals surface area contributed by atoms with Crippen molar-refractivity contribution in [2.45, 2.75) is 36.0 Å². The molecule has 29 heavy (non-hydrogen) atoms. The number of rotatable bonds is 4. The summed E-state index contributed by atoms with van der Waals surface area (Å²) in [4.78, 5) is -0.257. The highest BCUT2D eigenvalue weighted by atomic mass is 32.2. The average Bonchev–Trinajstić information content (AvgIpc) is 3.13. The van der Waals surface area contributed by atoms with Crippen molar-refractivity contribution < 1.29 is 16.8 Å². The molecule has 2 aliphatic rings. The second-order valence-corrected chi connectivity index (χ2v) is 11.8. The van der Waals surface area contributed by atoms with Gasteiger partial charge in [-0.05, 0) is 66.5 Å². The van der Waals surface area contributed by atoms with Crippen molar-refractivity contribution in [1.29, 1.82) is 0 Å². The van der Waals surface area contributed by atoms with Gasteiger partial charge in [0.05, 0.1) is 4.90 Å². The zero-order valence-electron chi connectivity index (χ0n) is 16.6. The van der Waals surface area contributed by atoms with E-state index < -0.39 is 19.9 Å². The minimum absolute atomic E-state index is 0.123. The van der Waals surface area contributed by atoms with Crippen LogP contribution in [-0.2, 0) is 26.3 Å². The summed E-state index contributed by atoms with van der Waals surface area (Å²) in [5.74, 6) is 0.328. The van der Waals surface area contributed by atoms with Crippen LogP contribution in [0.3, 0.4) is 0 Å². The fourth-order valence-electron chi connectivity index (χ4n) is 4.47. The smallest absolute Gasteiger partial charge is 0.224 e. The molecule has 0 atom stereocenters. The summed E-state index contributed by atoms with van der Waals surface area (Å²) >= 11 is 0. The average molecular weight is 432 g/mol. The zero-order valence-corrected chi connectivity index (χ0v) is 18.3. The van der Waals surface area contributed by atoms with E-state index in [4.69, 9.17) is 0 Å². The first-order valence-electron chi connectivity index (χ1n) is 9.78. The van der Waals surface area contributed by atoms with Crippen LogP contribution in [0.15, 0.2) is 58.3 Å². The van der Waals surface area contributed by atoms with Gasteiger partial charge in [-0.2, -0.15) is 4.31 Å². The SMILES string of the molecule is Cc1cccc2c1CC=C2C1CCN(S(=O)(=O)c2ccccc2S(C)(=O)=O)CC1. The Morgan fingerprint density at radius 1 is 0.897 bits per heavy atom. The van der Waals surface area contributed by atoms with E-state index in [1.165, 1.54) is 38.7 Å². The van der Waals surface area contributed by atoms with Gasteiger partial charge in [0.25, 0.3) is 0 Å². The maximum absolute atomic E-state index is 13.2. The number of hydrogen-bond acceptors (Lipinski definition) is 4. The van der Waals surface area contributed by atoms with Crippen molar-refractivity contribution in [3.63, 3.8) is 0 Å². The molecule has 0 spiro atoms. The normalized spacial score (nSPS) is 18.5. The summed E-state index contributed by atoms with van der Waals surface area (Å²) < 4.78 is 51.9. The highest BCUT2D eigenvalue weighted by Gasteiger charge is 2.34. The Morgan fingerprint density at radius 2 is 1.55 bits per heavy atom. The fourth-order valence-corrected chi connectivity index (χ4v) is 7.54. The van der Waals surface area contributed by atoms with Crippen molar-refractivity contribution in [2.24, 2.45) is 5.92 Å². The molecule has 0 bridgehead atoms. The van der Waals surface area contributed by atoms with Gasteiger partial charge >= 0.3 is 0 Å². The van der Waals surface area contributed by atoms with Gasteiger partial charge in [0.2, 0.25) is 10.0 Å². The first-order valence-corrected chi connectivity index (χ1v) is 13.1. The van der Waals surface area contributed by atoms with Gasteiger partial charge in [-0.1, -0.05) is 36.4 Å². The molecule has 0 radical (unpaired) electrons. The second kappa shape index (κ2) is 7.38. The van der Waals surface area contributed by atoms with Crippen LogP contribution >= 0.6 is 0 Å². The molecule has 7 heteroatoms. The number of allylic oxidation sites excluding steroid dienone is 2. The van der Waals surface area contributed by atoms with Crippen LogP contribution in [0.2, 0.25) is 0 Å². The van der Waals surface area contributed by atoms with E-state index in [2.05, 4.69) is 31.2 Å². The predicted molar refractivity (Wildman–Crippen MR) is 114 cm³/mol. The fraction of sp³-hybridized carbons (Fsp3) is 0.364. The van der Waals surface area contributed by atoms with Gasteiger partial charge in [-0.15, -0.1) is 0 Å². The van der Waals surface area contributed by atoms with Crippen LogP contribution in [0.1, 0.15) is 29.5 Å². The lowest BCUT2D eigenvalue weighted by Crippen LogP contribution is -2.39. The molecule has 5 nitrogen and oxygen atoms in total. The lowest BCUT2D eigenvalue weighted by molar-refractivity contribution is 0.310. The zero-order chi connectivity index (χ0) is 20.8. The molecular formula is C22H25NO4S2. The molecule has 0 amide bonds. The van der Waals surface area contributed by atoms with E-state index in [-0.39, 0.29) is 9.79 Å². The van der Waals surface area contributed by atoms with Crippen molar-refractivity contribution >= 4 is 25.4 Å². The highest BCUT2D eigenvalue weighted by Crippen LogP contribution is 2.40. The number of sulfonamides is 1. The van der Waals surface area contributed by atoms with Crippen molar-refractivity contribution in [3.05, 3.63) is 65.2 Å². The Morgan fingerprint density at radius 3 is 2.21 bits per heavy atom. The van der Waals surface area contributed by atoms with Crippen LogP contribution in [-0.4, -0.2) is 40.5 Å². The summed E-state index contributed by atoms with van der Waals surface area (Å²) in [5, 5.41) is 0. The van der Waals surface area contributed by atoms with Crippen molar-refractivity contribution in [1.82, 2.24) is 4.31 Å². The molecule has 0 saturated carbocycles. The van der Waals surface area contributed by atoms with Crippen LogP contribution < -0.4 is 0 Å². The monoisotopic (exact) mass is 431 g/mol. The molecule has 1 heterocycles. The van der Waals surface area contributed by atoms with Crippen LogP contribution in [0.4, 0.5) is 0 Å². The second-order valence-electron chi connectivity index (χ2n) is 7.86. The van der Waals surface area contributed by atoms with E-state index in [0.29, 0.717) is 19.0 Å². The van der Waals surface area contributed by atoms with Gasteiger partial charge in [0, 0.05) is 19.3 Å². The minimum atomic E-state index is -3.86. The molecule has 2 aromatic carbocycles. The number of aryl methyl sites for hydroxylation is 1. The number of benzene rings is 2. The Balaban J connectivity index is 1.55. The van der Waals surface area contributed by atoms with Gasteiger partial charge < -0.3 is 0 Å². The van der Waals surface area contributed by atoms with Crippen LogP contribution in [0.25, 0.3) is 5.57 Å². The number of piperidine rings is 1. The van der Waals surface area contributed by atoms with Gasteiger partial charge in [-0.25, -0.2) is 16.8 Å². The molecule has 4 rings (SSSR count). The summed E-state index contributed by atoms with van der Waals surface area (Å²) in [6, 6.07) is 12.2. The number of sulfone groups is 1. The topological polar surface area (TPSA) is 71.5 Å². The first-order chi connectivity index (χ1) is 13.7. The molecule has 1 fully saturated rings. The number of nitrogens with zero attached hydrogens (tertiary/aromatic N) is 1. The third-order valence-corrected chi connectivity index (χ3v) is 9.25. The number of fused-ring (bicyclic) bond motifs is 1. The summed E-state index contributed by atoms with van der Waals surface area (Å²) in [5.41, 5.74) is 5.30. The Hall–Kier alpha value is -1.96. The van der Waals surface area contributed by atoms with E-state index in [9.17, 15) is 16.8 Å². The van der Waals surface area contributed by atoms with Crippen molar-refractivity contribution in [2.75, 3.05) is 19.3 Å². The van der Waals surface area contributed by atoms with E-state index in [1.54, 1.807) is 12.1 Å². The lowest BCUT2D eigenvalue weighted by atomic mass is 9.86. The number of hydrogen-bond donors (Lipinski definition) is 0. The Kier molecular flexibility index (Phi) is 5.17. The molecule has 0 N–H and O–H groups in total. The highest BCUT2D eigenvalue weighted by molar-refractivity contribution is 7.93. The molecule has 1 aliphatic heterocycles. The molecule has 1 aliphatic carbocycles. The van der Waals surface area contributed by atoms with Gasteiger partial charge in [-0.3, -0.25) is 0 Å². The molecule has 2 aromatic rings. The first kappa shape index (κ1) is 20.3.